The van der Waals surface area contributed by atoms with E-state index in [2.05, 4.69) is 39.8 Å². The number of nitrogens with one attached hydrogen (secondary N) is 3. The molecule has 0 bridgehead atoms. The van der Waals surface area contributed by atoms with Crippen LogP contribution in [0.1, 0.15) is 28.1 Å². The van der Waals surface area contributed by atoms with Crippen molar-refractivity contribution in [3.05, 3.63) is 82.8 Å². The van der Waals surface area contributed by atoms with E-state index < -0.39 is 11.8 Å². The average Bonchev–Trinajstić information content (AvgIpc) is 3.31. The molecule has 4 rings (SSSR count). The van der Waals surface area contributed by atoms with Gasteiger partial charge in [-0.1, -0.05) is 42.5 Å². The molecule has 0 aliphatic heterocycles. The van der Waals surface area contributed by atoms with E-state index in [-0.39, 0.29) is 0 Å². The predicted molar refractivity (Wildman–Crippen MR) is 126 cm³/mol. The van der Waals surface area contributed by atoms with Gasteiger partial charge < -0.3 is 15.6 Å². The minimum Gasteiger partial charge on any atom is -0.361 e. The summed E-state index contributed by atoms with van der Waals surface area (Å²) in [7, 11) is 0. The Bertz CT molecular complexity index is 1280. The number of carbonyl (C=O) groups is 2. The normalized spacial score (nSPS) is 11.0. The molecule has 2 heterocycles. The first-order valence-electron chi connectivity index (χ1n) is 10.7. The summed E-state index contributed by atoms with van der Waals surface area (Å²) in [6.07, 6.45) is 2.57. The number of hydrogen-bond donors (Lipinski definition) is 3. The highest BCUT2D eigenvalue weighted by molar-refractivity contribution is 6.39. The molecule has 3 N–H and O–H groups in total. The number of nitrogens with zero attached hydrogens (tertiary/aromatic N) is 2. The number of rotatable bonds is 6. The third kappa shape index (κ3) is 4.42. The number of carbonyl (C=O) groups excluding carboxylic acids is 2. The molecule has 0 saturated heterocycles. The maximum Gasteiger partial charge on any atom is 0.313 e. The van der Waals surface area contributed by atoms with Crippen LogP contribution in [0.15, 0.2) is 54.7 Å². The van der Waals surface area contributed by atoms with Crippen LogP contribution in [0.2, 0.25) is 0 Å². The van der Waals surface area contributed by atoms with Crippen molar-refractivity contribution in [3.8, 4) is 0 Å². The maximum absolute atomic E-state index is 12.5. The molecule has 0 saturated carbocycles. The third-order valence-electron chi connectivity index (χ3n) is 5.76. The van der Waals surface area contributed by atoms with Crippen molar-refractivity contribution >= 4 is 28.4 Å². The molecule has 0 radical (unpaired) electrons. The van der Waals surface area contributed by atoms with Gasteiger partial charge >= 0.3 is 11.8 Å². The molecule has 4 aromatic rings. The van der Waals surface area contributed by atoms with Crippen molar-refractivity contribution in [1.82, 2.24) is 20.1 Å². The van der Waals surface area contributed by atoms with E-state index in [0.717, 1.165) is 27.7 Å². The molecule has 0 unspecified atom stereocenters. The third-order valence-corrected chi connectivity index (χ3v) is 5.76. The minimum atomic E-state index is -0.689. The first kappa shape index (κ1) is 21.4. The van der Waals surface area contributed by atoms with Gasteiger partial charge in [0.15, 0.2) is 0 Å². The fraction of sp³-hybridized carbons (Fsp3) is 0.240. The Morgan fingerprint density at radius 2 is 1.72 bits per heavy atom. The lowest BCUT2D eigenvalue weighted by molar-refractivity contribution is -0.136. The Morgan fingerprint density at radius 3 is 2.53 bits per heavy atom. The summed E-state index contributed by atoms with van der Waals surface area (Å²) in [4.78, 5) is 28.0. The largest absolute Gasteiger partial charge is 0.361 e. The number of anilines is 1. The van der Waals surface area contributed by atoms with Crippen molar-refractivity contribution < 1.29 is 9.59 Å². The molecule has 0 aliphatic rings. The van der Waals surface area contributed by atoms with Crippen molar-refractivity contribution in [2.45, 2.75) is 33.7 Å². The Morgan fingerprint density at radius 1 is 0.969 bits per heavy atom. The number of aryl methyl sites for hydroxylation is 2. The van der Waals surface area contributed by atoms with Crippen LogP contribution in [0.4, 0.5) is 5.69 Å². The van der Waals surface area contributed by atoms with E-state index in [4.69, 9.17) is 0 Å². The molecule has 2 aromatic heterocycles. The summed E-state index contributed by atoms with van der Waals surface area (Å²) in [5, 5.41) is 11.1. The number of hydrogen-bond acceptors (Lipinski definition) is 3. The lowest BCUT2D eigenvalue weighted by Crippen LogP contribution is -2.36. The molecular formula is C25H27N5O2. The Labute approximate surface area is 186 Å². The van der Waals surface area contributed by atoms with E-state index in [0.29, 0.717) is 30.9 Å². The van der Waals surface area contributed by atoms with Crippen LogP contribution in [0, 0.1) is 20.8 Å². The van der Waals surface area contributed by atoms with Crippen molar-refractivity contribution in [3.63, 3.8) is 0 Å². The highest BCUT2D eigenvalue weighted by Crippen LogP contribution is 2.21. The van der Waals surface area contributed by atoms with Gasteiger partial charge in [0.05, 0.1) is 23.6 Å². The van der Waals surface area contributed by atoms with Gasteiger partial charge in [-0.2, -0.15) is 5.10 Å². The van der Waals surface area contributed by atoms with E-state index >= 15 is 0 Å². The van der Waals surface area contributed by atoms with Gasteiger partial charge in [-0.3, -0.25) is 14.3 Å². The monoisotopic (exact) mass is 429 g/mol. The second-order valence-electron chi connectivity index (χ2n) is 7.95. The number of H-pyrrole nitrogens is 1. The second kappa shape index (κ2) is 9.09. The predicted octanol–water partition coefficient (Wildman–Crippen LogP) is 3.64. The molecule has 32 heavy (non-hydrogen) atoms. The van der Waals surface area contributed by atoms with Crippen LogP contribution >= 0.6 is 0 Å². The molecule has 164 valence electrons. The zero-order valence-corrected chi connectivity index (χ0v) is 18.5. The first-order chi connectivity index (χ1) is 15.4. The highest BCUT2D eigenvalue weighted by Gasteiger charge is 2.19. The molecule has 0 spiro atoms. The zero-order chi connectivity index (χ0) is 22.7. The van der Waals surface area contributed by atoms with Gasteiger partial charge in [-0.25, -0.2) is 0 Å². The molecular weight excluding hydrogens is 402 g/mol. The van der Waals surface area contributed by atoms with Gasteiger partial charge in [0.2, 0.25) is 0 Å². The Kier molecular flexibility index (Phi) is 6.07. The molecule has 7 nitrogen and oxygen atoms in total. The van der Waals surface area contributed by atoms with Crippen LogP contribution in [0.5, 0.6) is 0 Å². The highest BCUT2D eigenvalue weighted by atomic mass is 16.2. The van der Waals surface area contributed by atoms with E-state index in [9.17, 15) is 9.59 Å². The topological polar surface area (TPSA) is 91.8 Å². The molecule has 0 aliphatic carbocycles. The van der Waals surface area contributed by atoms with Crippen LogP contribution in [-0.4, -0.2) is 33.1 Å². The minimum absolute atomic E-state index is 0.374. The fourth-order valence-electron chi connectivity index (χ4n) is 3.88. The lowest BCUT2D eigenvalue weighted by Gasteiger charge is -2.09. The van der Waals surface area contributed by atoms with Crippen LogP contribution in [0.25, 0.3) is 10.9 Å². The molecule has 2 amide bonds. The van der Waals surface area contributed by atoms with Gasteiger partial charge in [-0.15, -0.1) is 0 Å². The van der Waals surface area contributed by atoms with Crippen LogP contribution in [0.3, 0.4) is 0 Å². The number of amides is 2. The molecule has 0 fully saturated rings. The second-order valence-corrected chi connectivity index (χ2v) is 7.95. The average molecular weight is 430 g/mol. The van der Waals surface area contributed by atoms with Crippen molar-refractivity contribution in [1.29, 1.82) is 0 Å². The molecule has 7 heteroatoms. The zero-order valence-electron chi connectivity index (χ0n) is 18.5. The van der Waals surface area contributed by atoms with Crippen LogP contribution in [-0.2, 0) is 22.6 Å². The van der Waals surface area contributed by atoms with Crippen LogP contribution < -0.4 is 10.6 Å². The standard InChI is InChI=1S/C25H27N5O2/c1-16-8-4-5-9-20(16)15-30-18(3)23(17(2)29-30)28-25(32)24(31)26-13-12-19-14-27-22-11-7-6-10-21(19)22/h4-11,14,27H,12-13,15H2,1-3H3,(H,26,31)(H,28,32). The van der Waals surface area contributed by atoms with Gasteiger partial charge in [0.1, 0.15) is 0 Å². The van der Waals surface area contributed by atoms with Gasteiger partial charge in [-0.05, 0) is 49.9 Å². The summed E-state index contributed by atoms with van der Waals surface area (Å²) < 4.78 is 1.85. The molecule has 2 aromatic carbocycles. The van der Waals surface area contributed by atoms with E-state index in [1.807, 2.05) is 61.1 Å². The smallest absolute Gasteiger partial charge is 0.313 e. The number of benzene rings is 2. The van der Waals surface area contributed by atoms with Gasteiger partial charge in [0, 0.05) is 23.6 Å². The van der Waals surface area contributed by atoms with Crippen molar-refractivity contribution in [2.75, 3.05) is 11.9 Å². The van der Waals surface area contributed by atoms with Gasteiger partial charge in [0.25, 0.3) is 0 Å². The first-order valence-corrected chi connectivity index (χ1v) is 10.7. The fourth-order valence-corrected chi connectivity index (χ4v) is 3.88. The molecule has 0 atom stereocenters. The number of fused-ring (bicyclic) bond motifs is 1. The summed E-state index contributed by atoms with van der Waals surface area (Å²) in [6.45, 7) is 6.75. The van der Waals surface area contributed by atoms with E-state index in [1.54, 1.807) is 0 Å². The van der Waals surface area contributed by atoms with E-state index in [1.165, 1.54) is 5.56 Å². The number of para-hydroxylation sites is 1. The summed E-state index contributed by atoms with van der Waals surface area (Å²) in [6, 6.07) is 16.1. The summed E-state index contributed by atoms with van der Waals surface area (Å²) in [5.41, 5.74) is 6.56. The SMILES string of the molecule is Cc1ccccc1Cn1nc(C)c(NC(=O)C(=O)NCCc2c[nH]c3ccccc23)c1C. The Balaban J connectivity index is 1.36. The maximum atomic E-state index is 12.5. The number of aromatic nitrogens is 3. The Hall–Kier alpha value is -3.87. The quantitative estimate of drug-likeness (QED) is 0.409. The number of aromatic amines is 1. The summed E-state index contributed by atoms with van der Waals surface area (Å²) >= 11 is 0. The lowest BCUT2D eigenvalue weighted by atomic mass is 10.1. The summed E-state index contributed by atoms with van der Waals surface area (Å²) in [5.74, 6) is -1.35. The van der Waals surface area contributed by atoms with Crippen molar-refractivity contribution in [2.24, 2.45) is 0 Å².